The third kappa shape index (κ3) is 5.61. The number of fused-ring (bicyclic) bond motifs is 1. The van der Waals surface area contributed by atoms with Gasteiger partial charge in [-0.05, 0) is 71.7 Å². The maximum absolute atomic E-state index is 12.4. The van der Waals surface area contributed by atoms with Gasteiger partial charge in [-0.2, -0.15) is 0 Å². The van der Waals surface area contributed by atoms with Crippen LogP contribution in [0.1, 0.15) is 34.7 Å². The van der Waals surface area contributed by atoms with Gasteiger partial charge in [0.1, 0.15) is 5.82 Å². The highest BCUT2D eigenvalue weighted by atomic mass is 32.2. The molecule has 0 amide bonds. The van der Waals surface area contributed by atoms with Gasteiger partial charge >= 0.3 is 0 Å². The molecule has 0 N–H and O–H groups in total. The number of hydrogen-bond donors (Lipinski definition) is 0. The highest BCUT2D eigenvalue weighted by molar-refractivity contribution is 7.91. The number of hydrogen-bond acceptors (Lipinski definition) is 6. The van der Waals surface area contributed by atoms with Crippen LogP contribution in [-0.4, -0.2) is 43.9 Å². The van der Waals surface area contributed by atoms with Crippen LogP contribution in [0.4, 0.5) is 0 Å². The standard InChI is InChI=1S/C31H29N3O4S2/c1-21(39(3,35)36)26-19-25-9-6-14-32-30(25)28(20-26)24-8-5-7-22(17-24)18-29(31-33-15-16-34(31)2)23-10-12-27(13-11-23)40(4,37)38/h5-21H,1-4H3/b29-18-. The number of sulfone groups is 2. The first-order chi connectivity index (χ1) is 18.9. The Bertz CT molecular complexity index is 1970. The van der Waals surface area contributed by atoms with Gasteiger partial charge < -0.3 is 4.57 Å². The first-order valence-corrected chi connectivity index (χ1v) is 16.4. The van der Waals surface area contributed by atoms with Gasteiger partial charge in [0.15, 0.2) is 19.7 Å². The van der Waals surface area contributed by atoms with Crippen LogP contribution >= 0.6 is 0 Å². The zero-order valence-corrected chi connectivity index (χ0v) is 24.2. The molecule has 7 nitrogen and oxygen atoms in total. The smallest absolute Gasteiger partial charge is 0.175 e. The van der Waals surface area contributed by atoms with Gasteiger partial charge in [-0.1, -0.05) is 36.4 Å². The summed E-state index contributed by atoms with van der Waals surface area (Å²) in [7, 11) is -4.71. The van der Waals surface area contributed by atoms with Crippen LogP contribution in [0.15, 0.2) is 96.3 Å². The average molecular weight is 572 g/mol. The van der Waals surface area contributed by atoms with E-state index in [2.05, 4.69) is 9.97 Å². The minimum Gasteiger partial charge on any atom is -0.334 e. The molecule has 1 unspecified atom stereocenters. The summed E-state index contributed by atoms with van der Waals surface area (Å²) in [6, 6.07) is 22.3. The summed E-state index contributed by atoms with van der Waals surface area (Å²) in [5.41, 5.74) is 5.78. The third-order valence-electron chi connectivity index (χ3n) is 7.00. The molecule has 0 bridgehead atoms. The molecule has 9 heteroatoms. The molecular formula is C31H29N3O4S2. The molecule has 0 fully saturated rings. The first kappa shape index (κ1) is 27.5. The van der Waals surface area contributed by atoms with Crippen molar-refractivity contribution in [2.45, 2.75) is 17.1 Å². The summed E-state index contributed by atoms with van der Waals surface area (Å²) in [5.74, 6) is 0.730. The van der Waals surface area contributed by atoms with Crippen molar-refractivity contribution in [2.75, 3.05) is 12.5 Å². The Morgan fingerprint density at radius 1 is 0.875 bits per heavy atom. The van der Waals surface area contributed by atoms with Gasteiger partial charge in [0, 0.05) is 54.7 Å². The molecule has 2 heterocycles. The summed E-state index contributed by atoms with van der Waals surface area (Å²) in [4.78, 5) is 9.41. The summed E-state index contributed by atoms with van der Waals surface area (Å²) < 4.78 is 50.7. The molecule has 0 spiro atoms. The Labute approximate surface area is 234 Å². The van der Waals surface area contributed by atoms with Crippen molar-refractivity contribution in [3.05, 3.63) is 114 Å². The average Bonchev–Trinajstić information content (AvgIpc) is 3.35. The lowest BCUT2D eigenvalue weighted by Gasteiger charge is -2.15. The number of benzene rings is 3. The largest absolute Gasteiger partial charge is 0.334 e. The molecule has 0 radical (unpaired) electrons. The van der Waals surface area contributed by atoms with E-state index in [0.29, 0.717) is 5.56 Å². The van der Waals surface area contributed by atoms with E-state index in [1.807, 2.05) is 72.4 Å². The second-order valence-electron chi connectivity index (χ2n) is 9.96. The lowest BCUT2D eigenvalue weighted by atomic mass is 9.95. The molecule has 5 aromatic rings. The highest BCUT2D eigenvalue weighted by Crippen LogP contribution is 2.34. The molecular weight excluding hydrogens is 542 g/mol. The third-order valence-corrected chi connectivity index (χ3v) is 9.69. The van der Waals surface area contributed by atoms with Crippen molar-refractivity contribution in [3.8, 4) is 11.1 Å². The zero-order chi connectivity index (χ0) is 28.7. The minimum atomic E-state index is -3.32. The molecule has 3 aromatic carbocycles. The molecule has 1 atom stereocenters. The monoisotopic (exact) mass is 571 g/mol. The van der Waals surface area contributed by atoms with Gasteiger partial charge in [-0.3, -0.25) is 4.98 Å². The van der Waals surface area contributed by atoms with E-state index in [-0.39, 0.29) is 4.90 Å². The van der Waals surface area contributed by atoms with E-state index in [4.69, 9.17) is 0 Å². The van der Waals surface area contributed by atoms with E-state index in [0.717, 1.165) is 44.6 Å². The molecule has 2 aromatic heterocycles. The van der Waals surface area contributed by atoms with Crippen LogP contribution in [0.3, 0.4) is 0 Å². The molecule has 0 saturated carbocycles. The first-order valence-electron chi connectivity index (χ1n) is 12.6. The van der Waals surface area contributed by atoms with Gasteiger partial charge in [-0.25, -0.2) is 21.8 Å². The van der Waals surface area contributed by atoms with Crippen molar-refractivity contribution in [1.29, 1.82) is 0 Å². The highest BCUT2D eigenvalue weighted by Gasteiger charge is 2.20. The molecule has 5 rings (SSSR count). The van der Waals surface area contributed by atoms with Crippen LogP contribution in [0.25, 0.3) is 33.7 Å². The van der Waals surface area contributed by atoms with Crippen LogP contribution < -0.4 is 0 Å². The number of aromatic nitrogens is 3. The molecule has 40 heavy (non-hydrogen) atoms. The predicted octanol–water partition coefficient (Wildman–Crippen LogP) is 5.73. The van der Waals surface area contributed by atoms with E-state index in [1.54, 1.807) is 43.6 Å². The molecule has 204 valence electrons. The fraction of sp³-hybridized carbons (Fsp3) is 0.161. The fourth-order valence-corrected chi connectivity index (χ4v) is 5.92. The van der Waals surface area contributed by atoms with E-state index in [1.165, 1.54) is 12.5 Å². The molecule has 0 aliphatic rings. The number of aryl methyl sites for hydroxylation is 1. The topological polar surface area (TPSA) is 99.0 Å². The number of nitrogens with zero attached hydrogens (tertiary/aromatic N) is 3. The van der Waals surface area contributed by atoms with Gasteiger partial charge in [0.2, 0.25) is 0 Å². The summed E-state index contributed by atoms with van der Waals surface area (Å²) in [5, 5.41) is 0.204. The summed E-state index contributed by atoms with van der Waals surface area (Å²) in [6.45, 7) is 1.70. The zero-order valence-electron chi connectivity index (χ0n) is 22.6. The van der Waals surface area contributed by atoms with Crippen molar-refractivity contribution < 1.29 is 16.8 Å². The second kappa shape index (κ2) is 10.5. The van der Waals surface area contributed by atoms with Gasteiger partial charge in [0.05, 0.1) is 15.7 Å². The summed E-state index contributed by atoms with van der Waals surface area (Å²) >= 11 is 0. The second-order valence-corrected chi connectivity index (χ2v) is 14.3. The van der Waals surface area contributed by atoms with E-state index < -0.39 is 24.9 Å². The lowest BCUT2D eigenvalue weighted by molar-refractivity contribution is 0.592. The minimum absolute atomic E-state index is 0.250. The van der Waals surface area contributed by atoms with Crippen LogP contribution in [0.2, 0.25) is 0 Å². The normalized spacial score (nSPS) is 13.4. The fourth-order valence-electron chi connectivity index (χ4n) is 4.66. The maximum Gasteiger partial charge on any atom is 0.175 e. The van der Waals surface area contributed by atoms with Gasteiger partial charge in [0.25, 0.3) is 0 Å². The van der Waals surface area contributed by atoms with Crippen molar-refractivity contribution in [3.63, 3.8) is 0 Å². The molecule has 0 aliphatic carbocycles. The van der Waals surface area contributed by atoms with Crippen molar-refractivity contribution in [2.24, 2.45) is 7.05 Å². The number of pyridine rings is 1. The number of imidazole rings is 1. The SMILES string of the molecule is CC(c1cc(-c2cccc(/C=C(/c3ccc(S(C)(=O)=O)cc3)c3nccn3C)c2)c2ncccc2c1)S(C)(=O)=O. The van der Waals surface area contributed by atoms with Crippen molar-refractivity contribution >= 4 is 42.2 Å². The Hall–Kier alpha value is -4.08. The Kier molecular flexibility index (Phi) is 7.20. The predicted molar refractivity (Wildman–Crippen MR) is 160 cm³/mol. The number of rotatable bonds is 7. The van der Waals surface area contributed by atoms with E-state index >= 15 is 0 Å². The van der Waals surface area contributed by atoms with Gasteiger partial charge in [-0.15, -0.1) is 0 Å². The Morgan fingerprint density at radius 3 is 2.27 bits per heavy atom. The molecule has 0 saturated heterocycles. The van der Waals surface area contributed by atoms with Crippen LogP contribution in [0, 0.1) is 0 Å². The quantitative estimate of drug-likeness (QED) is 0.231. The molecule has 0 aliphatic heterocycles. The van der Waals surface area contributed by atoms with Crippen molar-refractivity contribution in [1.82, 2.24) is 14.5 Å². The van der Waals surface area contributed by atoms with Crippen LogP contribution in [-0.2, 0) is 26.7 Å². The van der Waals surface area contributed by atoms with E-state index in [9.17, 15) is 16.8 Å². The lowest BCUT2D eigenvalue weighted by Crippen LogP contribution is -2.08. The Morgan fingerprint density at radius 2 is 1.62 bits per heavy atom. The Balaban J connectivity index is 1.67. The maximum atomic E-state index is 12.4. The summed E-state index contributed by atoms with van der Waals surface area (Å²) in [6.07, 6.45) is 9.76. The van der Waals surface area contributed by atoms with Crippen LogP contribution in [0.5, 0.6) is 0 Å².